The van der Waals surface area contributed by atoms with Gasteiger partial charge in [-0.25, -0.2) is 4.39 Å². The molecule has 0 aliphatic carbocycles. The number of hydrogen-bond donors (Lipinski definition) is 1. The third kappa shape index (κ3) is 2.02. The number of rotatable bonds is 2. The zero-order chi connectivity index (χ0) is 16.1. The molecule has 2 aromatic rings. The Labute approximate surface area is 132 Å². The first-order chi connectivity index (χ1) is 10.4. The molecule has 1 aliphatic heterocycles. The molecule has 1 unspecified atom stereocenters. The van der Waals surface area contributed by atoms with Crippen molar-refractivity contribution >= 4 is 17.5 Å². The number of carbonyl (C=O) groups excluding carboxylic acids is 1. The molecule has 114 valence electrons. The molecule has 0 bridgehead atoms. The van der Waals surface area contributed by atoms with Gasteiger partial charge in [-0.05, 0) is 31.5 Å². The third-order valence-corrected chi connectivity index (χ3v) is 4.55. The van der Waals surface area contributed by atoms with Crippen LogP contribution in [0.3, 0.4) is 0 Å². The van der Waals surface area contributed by atoms with Gasteiger partial charge < -0.3 is 5.11 Å². The van der Waals surface area contributed by atoms with Crippen molar-refractivity contribution in [3.63, 3.8) is 0 Å². The Hall–Kier alpha value is -1.91. The van der Waals surface area contributed by atoms with E-state index in [-0.39, 0.29) is 22.1 Å². The molecule has 5 heteroatoms. The molecule has 22 heavy (non-hydrogen) atoms. The van der Waals surface area contributed by atoms with Crippen molar-refractivity contribution in [2.75, 3.05) is 0 Å². The summed E-state index contributed by atoms with van der Waals surface area (Å²) < 4.78 is 13.6. The third-order valence-electron chi connectivity index (χ3n) is 4.17. The molecular weight excluding hydrogens is 305 g/mol. The predicted molar refractivity (Wildman–Crippen MR) is 82.0 cm³/mol. The Bertz CT molecular complexity index is 746. The van der Waals surface area contributed by atoms with Crippen LogP contribution in [0.2, 0.25) is 5.02 Å². The van der Waals surface area contributed by atoms with E-state index in [4.69, 9.17) is 11.6 Å². The zero-order valence-electron chi connectivity index (χ0n) is 12.2. The number of carbonyl (C=O) groups is 1. The van der Waals surface area contributed by atoms with Gasteiger partial charge in [0.2, 0.25) is 0 Å². The monoisotopic (exact) mass is 319 g/mol. The molecule has 0 spiro atoms. The van der Waals surface area contributed by atoms with Crippen LogP contribution in [0.4, 0.5) is 4.39 Å². The first-order valence-electron chi connectivity index (χ1n) is 6.91. The van der Waals surface area contributed by atoms with Crippen LogP contribution in [-0.4, -0.2) is 15.9 Å². The van der Waals surface area contributed by atoms with E-state index in [0.29, 0.717) is 0 Å². The van der Waals surface area contributed by atoms with Crippen LogP contribution in [0.5, 0.6) is 0 Å². The van der Waals surface area contributed by atoms with Crippen LogP contribution in [0.25, 0.3) is 0 Å². The molecule has 1 amide bonds. The van der Waals surface area contributed by atoms with Gasteiger partial charge in [0.25, 0.3) is 5.91 Å². The normalized spacial score (nSPS) is 17.8. The molecule has 3 rings (SSSR count). The zero-order valence-corrected chi connectivity index (χ0v) is 12.9. The van der Waals surface area contributed by atoms with Crippen molar-refractivity contribution in [2.24, 2.45) is 0 Å². The summed E-state index contributed by atoms with van der Waals surface area (Å²) >= 11 is 5.95. The largest absolute Gasteiger partial charge is 0.369 e. The van der Waals surface area contributed by atoms with E-state index in [9.17, 15) is 14.3 Å². The number of amides is 1. The van der Waals surface area contributed by atoms with Gasteiger partial charge >= 0.3 is 0 Å². The van der Waals surface area contributed by atoms with Crippen molar-refractivity contribution < 1.29 is 14.3 Å². The lowest BCUT2D eigenvalue weighted by molar-refractivity contribution is -0.0305. The Morgan fingerprint density at radius 3 is 2.45 bits per heavy atom. The molecule has 1 N–H and O–H groups in total. The molecule has 0 saturated heterocycles. The van der Waals surface area contributed by atoms with E-state index < -0.39 is 17.6 Å². The fourth-order valence-corrected chi connectivity index (χ4v) is 3.18. The highest BCUT2D eigenvalue weighted by Gasteiger charge is 2.46. The fraction of sp³-hybridized carbons (Fsp3) is 0.235. The second-order valence-corrected chi connectivity index (χ2v) is 6.17. The molecule has 0 radical (unpaired) electrons. The molecule has 0 fully saturated rings. The summed E-state index contributed by atoms with van der Waals surface area (Å²) in [5.41, 5.74) is 0.474. The second-order valence-electron chi connectivity index (χ2n) is 5.80. The maximum atomic E-state index is 13.6. The van der Waals surface area contributed by atoms with Crippen LogP contribution in [-0.2, 0) is 5.54 Å². The number of fused-ring (bicyclic) bond motifs is 1. The van der Waals surface area contributed by atoms with Crippen molar-refractivity contribution in [3.8, 4) is 0 Å². The minimum Gasteiger partial charge on any atom is -0.369 e. The van der Waals surface area contributed by atoms with Crippen molar-refractivity contribution in [1.82, 2.24) is 4.90 Å². The lowest BCUT2D eigenvalue weighted by atomic mass is 9.92. The fourth-order valence-electron chi connectivity index (χ4n) is 2.92. The Morgan fingerprint density at radius 2 is 1.82 bits per heavy atom. The lowest BCUT2D eigenvalue weighted by Gasteiger charge is -2.38. The summed E-state index contributed by atoms with van der Waals surface area (Å²) in [5.74, 6) is -1.01. The number of halogens is 2. The maximum absolute atomic E-state index is 13.6. The van der Waals surface area contributed by atoms with E-state index in [1.54, 1.807) is 0 Å². The number of benzene rings is 2. The van der Waals surface area contributed by atoms with Crippen LogP contribution < -0.4 is 0 Å². The average molecular weight is 320 g/mol. The molecule has 1 aliphatic rings. The SMILES string of the molecule is CC(C)(c1ccccc1)N1C(=O)c2ccc(F)c(Cl)c2C1O. The van der Waals surface area contributed by atoms with Gasteiger partial charge in [0, 0.05) is 11.1 Å². The number of aliphatic hydroxyl groups excluding tert-OH is 1. The summed E-state index contributed by atoms with van der Waals surface area (Å²) in [6, 6.07) is 11.9. The van der Waals surface area contributed by atoms with Gasteiger partial charge in [-0.15, -0.1) is 0 Å². The minimum absolute atomic E-state index is 0.135. The predicted octanol–water partition coefficient (Wildman–Crippen LogP) is 3.86. The van der Waals surface area contributed by atoms with Gasteiger partial charge in [0.15, 0.2) is 6.23 Å². The summed E-state index contributed by atoms with van der Waals surface area (Å²) in [4.78, 5) is 14.0. The lowest BCUT2D eigenvalue weighted by Crippen LogP contribution is -2.44. The Morgan fingerprint density at radius 1 is 1.18 bits per heavy atom. The summed E-state index contributed by atoms with van der Waals surface area (Å²) in [6.45, 7) is 3.67. The highest BCUT2D eigenvalue weighted by molar-refractivity contribution is 6.32. The molecule has 1 atom stereocenters. The van der Waals surface area contributed by atoms with Crippen LogP contribution in [0, 0.1) is 5.82 Å². The van der Waals surface area contributed by atoms with Crippen molar-refractivity contribution in [2.45, 2.75) is 25.6 Å². The van der Waals surface area contributed by atoms with Gasteiger partial charge in [-0.3, -0.25) is 9.69 Å². The van der Waals surface area contributed by atoms with Gasteiger partial charge in [-0.1, -0.05) is 41.9 Å². The van der Waals surface area contributed by atoms with Crippen LogP contribution >= 0.6 is 11.6 Å². The summed E-state index contributed by atoms with van der Waals surface area (Å²) in [6.07, 6.45) is -1.28. The summed E-state index contributed by atoms with van der Waals surface area (Å²) in [7, 11) is 0. The highest BCUT2D eigenvalue weighted by atomic mass is 35.5. The quantitative estimate of drug-likeness (QED) is 0.913. The molecule has 2 aromatic carbocycles. The number of hydrogen-bond acceptors (Lipinski definition) is 2. The van der Waals surface area contributed by atoms with Gasteiger partial charge in [0.05, 0.1) is 10.6 Å². The molecule has 0 aromatic heterocycles. The van der Waals surface area contributed by atoms with Crippen LogP contribution in [0.1, 0.15) is 41.6 Å². The molecule has 0 saturated carbocycles. The second kappa shape index (κ2) is 5.07. The molecule has 1 heterocycles. The minimum atomic E-state index is -1.28. The van der Waals surface area contributed by atoms with E-state index in [2.05, 4.69) is 0 Å². The Balaban J connectivity index is 2.12. The smallest absolute Gasteiger partial charge is 0.257 e. The number of aliphatic hydroxyl groups is 1. The van der Waals surface area contributed by atoms with E-state index >= 15 is 0 Å². The van der Waals surface area contributed by atoms with Crippen LogP contribution in [0.15, 0.2) is 42.5 Å². The maximum Gasteiger partial charge on any atom is 0.257 e. The van der Waals surface area contributed by atoms with Crippen molar-refractivity contribution in [1.29, 1.82) is 0 Å². The first-order valence-corrected chi connectivity index (χ1v) is 7.28. The first kappa shape index (κ1) is 15.0. The number of nitrogens with zero attached hydrogens (tertiary/aromatic N) is 1. The molecule has 3 nitrogen and oxygen atoms in total. The van der Waals surface area contributed by atoms with E-state index in [1.165, 1.54) is 11.0 Å². The topological polar surface area (TPSA) is 40.5 Å². The van der Waals surface area contributed by atoms with E-state index in [1.807, 2.05) is 44.2 Å². The Kier molecular flexibility index (Phi) is 3.46. The summed E-state index contributed by atoms with van der Waals surface area (Å²) in [5, 5.41) is 10.4. The van der Waals surface area contributed by atoms with Gasteiger partial charge in [0.1, 0.15) is 5.82 Å². The van der Waals surface area contributed by atoms with Gasteiger partial charge in [-0.2, -0.15) is 0 Å². The standard InChI is InChI=1S/C17H15ClFNO2/c1-17(2,10-6-4-3-5-7-10)20-15(21)11-8-9-12(19)14(18)13(11)16(20)22/h3-9,16,22H,1-2H3. The van der Waals surface area contributed by atoms with E-state index in [0.717, 1.165) is 11.6 Å². The highest BCUT2D eigenvalue weighted by Crippen LogP contribution is 2.44. The van der Waals surface area contributed by atoms with Crippen molar-refractivity contribution in [3.05, 3.63) is 70.0 Å². The average Bonchev–Trinajstić information content (AvgIpc) is 2.76. The molecular formula is C17H15ClFNO2.